The van der Waals surface area contributed by atoms with E-state index in [1.165, 1.54) is 29.2 Å². The second-order valence-electron chi connectivity index (χ2n) is 6.93. The van der Waals surface area contributed by atoms with Crippen LogP contribution in [0.1, 0.15) is 5.56 Å². The standard InChI is InChI=1S/C21H23N5O6/c22-16(27)11-32-15-4-2-1-3-14(15)26-9-10-31-18(21(26)30)17(28)20(29)25-13-7-5-12(6-8-13)19(23)24/h1-8,17-18,28H,9-11H2,(H2,22,27)(H3,23,24)(H,25,29)/t17-,18-/m1/s1. The number of aliphatic hydroxyl groups is 1. The molecular formula is C21H23N5O6. The van der Waals surface area contributed by atoms with E-state index in [0.29, 0.717) is 16.9 Å². The van der Waals surface area contributed by atoms with Gasteiger partial charge in [0.05, 0.1) is 12.3 Å². The number of hydrogen-bond donors (Lipinski definition) is 5. The maximum Gasteiger partial charge on any atom is 0.259 e. The number of rotatable bonds is 8. The highest BCUT2D eigenvalue weighted by molar-refractivity contribution is 6.04. The number of nitrogens with zero attached hydrogens (tertiary/aromatic N) is 1. The van der Waals surface area contributed by atoms with Gasteiger partial charge in [-0.25, -0.2) is 0 Å². The maximum atomic E-state index is 13.0. The lowest BCUT2D eigenvalue weighted by molar-refractivity contribution is -0.150. The molecule has 1 heterocycles. The highest BCUT2D eigenvalue weighted by atomic mass is 16.5. The number of ether oxygens (including phenoxy) is 2. The molecule has 7 N–H and O–H groups in total. The lowest BCUT2D eigenvalue weighted by Gasteiger charge is -2.34. The molecule has 0 saturated carbocycles. The number of carbonyl (C=O) groups is 3. The fourth-order valence-electron chi connectivity index (χ4n) is 3.11. The van der Waals surface area contributed by atoms with Crippen molar-refractivity contribution in [1.29, 1.82) is 5.41 Å². The van der Waals surface area contributed by atoms with Crippen molar-refractivity contribution < 1.29 is 29.0 Å². The molecule has 3 amide bonds. The van der Waals surface area contributed by atoms with E-state index < -0.39 is 29.9 Å². The van der Waals surface area contributed by atoms with Crippen molar-refractivity contribution in [3.8, 4) is 5.75 Å². The quantitative estimate of drug-likeness (QED) is 0.272. The van der Waals surface area contributed by atoms with Crippen LogP contribution in [0.15, 0.2) is 48.5 Å². The van der Waals surface area contributed by atoms with Gasteiger partial charge in [0.2, 0.25) is 0 Å². The number of primary amides is 1. The number of nitrogens with one attached hydrogen (secondary N) is 2. The zero-order valence-corrected chi connectivity index (χ0v) is 17.0. The van der Waals surface area contributed by atoms with Gasteiger partial charge in [-0.05, 0) is 36.4 Å². The average Bonchev–Trinajstić information content (AvgIpc) is 2.78. The van der Waals surface area contributed by atoms with Gasteiger partial charge >= 0.3 is 0 Å². The Bertz CT molecular complexity index is 1030. The number of carbonyl (C=O) groups excluding carboxylic acids is 3. The molecule has 32 heavy (non-hydrogen) atoms. The smallest absolute Gasteiger partial charge is 0.259 e. The highest BCUT2D eigenvalue weighted by Gasteiger charge is 2.40. The molecule has 1 fully saturated rings. The number of benzene rings is 2. The first-order valence-electron chi connectivity index (χ1n) is 9.64. The molecule has 168 valence electrons. The van der Waals surface area contributed by atoms with Gasteiger partial charge in [0.1, 0.15) is 11.6 Å². The van der Waals surface area contributed by atoms with Gasteiger partial charge < -0.3 is 36.3 Å². The molecule has 0 bridgehead atoms. The number of hydrogen-bond acceptors (Lipinski definition) is 7. The second-order valence-corrected chi connectivity index (χ2v) is 6.93. The first-order valence-corrected chi connectivity index (χ1v) is 9.64. The van der Waals surface area contributed by atoms with Crippen molar-refractivity contribution in [2.45, 2.75) is 12.2 Å². The van der Waals surface area contributed by atoms with Gasteiger partial charge in [-0.3, -0.25) is 19.8 Å². The van der Waals surface area contributed by atoms with E-state index in [1.807, 2.05) is 0 Å². The van der Waals surface area contributed by atoms with E-state index in [1.54, 1.807) is 24.3 Å². The lowest BCUT2D eigenvalue weighted by atomic mass is 10.1. The number of amides is 3. The Kier molecular flexibility index (Phi) is 7.03. The molecule has 1 saturated heterocycles. The fraction of sp³-hybridized carbons (Fsp3) is 0.238. The number of morpholine rings is 1. The van der Waals surface area contributed by atoms with Crippen molar-refractivity contribution in [2.24, 2.45) is 11.5 Å². The Labute approximate surface area is 183 Å². The third-order valence-electron chi connectivity index (χ3n) is 4.67. The van der Waals surface area contributed by atoms with E-state index >= 15 is 0 Å². The van der Waals surface area contributed by atoms with Crippen LogP contribution in [0.25, 0.3) is 0 Å². The van der Waals surface area contributed by atoms with Crippen LogP contribution in [0.3, 0.4) is 0 Å². The van der Waals surface area contributed by atoms with Gasteiger partial charge in [-0.15, -0.1) is 0 Å². The molecule has 0 spiro atoms. The Morgan fingerprint density at radius 2 is 1.91 bits per heavy atom. The molecule has 2 aromatic carbocycles. The predicted molar refractivity (Wildman–Crippen MR) is 115 cm³/mol. The maximum absolute atomic E-state index is 13.0. The Morgan fingerprint density at radius 1 is 1.22 bits per heavy atom. The summed E-state index contributed by atoms with van der Waals surface area (Å²) in [6.45, 7) is -0.141. The fourth-order valence-corrected chi connectivity index (χ4v) is 3.11. The summed E-state index contributed by atoms with van der Waals surface area (Å²) in [5.74, 6) is -2.01. The first kappa shape index (κ1) is 22.7. The lowest BCUT2D eigenvalue weighted by Crippen LogP contribution is -2.55. The van der Waals surface area contributed by atoms with Crippen LogP contribution in [0.2, 0.25) is 0 Å². The van der Waals surface area contributed by atoms with Crippen molar-refractivity contribution in [3.63, 3.8) is 0 Å². The molecule has 0 aliphatic carbocycles. The van der Waals surface area contributed by atoms with Crippen LogP contribution in [-0.4, -0.2) is 60.6 Å². The van der Waals surface area contributed by atoms with E-state index in [-0.39, 0.29) is 31.3 Å². The van der Waals surface area contributed by atoms with Crippen LogP contribution in [-0.2, 0) is 19.1 Å². The van der Waals surface area contributed by atoms with Crippen molar-refractivity contribution in [3.05, 3.63) is 54.1 Å². The van der Waals surface area contributed by atoms with Gasteiger partial charge in [-0.2, -0.15) is 0 Å². The monoisotopic (exact) mass is 441 g/mol. The summed E-state index contributed by atoms with van der Waals surface area (Å²) < 4.78 is 10.8. The molecule has 0 aromatic heterocycles. The zero-order chi connectivity index (χ0) is 23.3. The van der Waals surface area contributed by atoms with Crippen LogP contribution in [0.4, 0.5) is 11.4 Å². The number of nitrogens with two attached hydrogens (primary N) is 2. The number of aliphatic hydroxyl groups excluding tert-OH is 1. The normalized spacial score (nSPS) is 16.8. The minimum absolute atomic E-state index is 0.0677. The van der Waals surface area contributed by atoms with Crippen molar-refractivity contribution in [1.82, 2.24) is 0 Å². The van der Waals surface area contributed by atoms with E-state index in [2.05, 4.69) is 5.32 Å². The van der Waals surface area contributed by atoms with Crippen LogP contribution in [0.5, 0.6) is 5.75 Å². The number of anilines is 2. The molecule has 0 unspecified atom stereocenters. The SMILES string of the molecule is N=C(N)c1ccc(NC(=O)[C@H](O)[C@H]2OCCN(c3ccccc3OCC(N)=O)C2=O)cc1. The van der Waals surface area contributed by atoms with E-state index in [0.717, 1.165) is 0 Å². The zero-order valence-electron chi connectivity index (χ0n) is 17.0. The number of nitrogen functional groups attached to an aromatic ring is 1. The number of amidine groups is 1. The average molecular weight is 441 g/mol. The van der Waals surface area contributed by atoms with Gasteiger partial charge in [0.25, 0.3) is 17.7 Å². The molecule has 1 aliphatic heterocycles. The Balaban J connectivity index is 1.72. The van der Waals surface area contributed by atoms with Gasteiger partial charge in [0.15, 0.2) is 18.8 Å². The van der Waals surface area contributed by atoms with Gasteiger partial charge in [-0.1, -0.05) is 12.1 Å². The minimum atomic E-state index is -1.78. The summed E-state index contributed by atoms with van der Waals surface area (Å²) in [6.07, 6.45) is -3.22. The second kappa shape index (κ2) is 9.90. The predicted octanol–water partition coefficient (Wildman–Crippen LogP) is -0.434. The number of para-hydroxylation sites is 2. The molecule has 11 heteroatoms. The van der Waals surface area contributed by atoms with Crippen LogP contribution < -0.4 is 26.4 Å². The topological polar surface area (TPSA) is 181 Å². The minimum Gasteiger partial charge on any atom is -0.482 e. The summed E-state index contributed by atoms with van der Waals surface area (Å²) >= 11 is 0. The van der Waals surface area contributed by atoms with Crippen LogP contribution >= 0.6 is 0 Å². The van der Waals surface area contributed by atoms with Crippen LogP contribution in [0, 0.1) is 5.41 Å². The van der Waals surface area contributed by atoms with Gasteiger partial charge in [0, 0.05) is 17.8 Å². The molecule has 2 aromatic rings. The Hall–Kier alpha value is -3.96. The third kappa shape index (κ3) is 5.20. The third-order valence-corrected chi connectivity index (χ3v) is 4.67. The largest absolute Gasteiger partial charge is 0.482 e. The highest BCUT2D eigenvalue weighted by Crippen LogP contribution is 2.30. The summed E-state index contributed by atoms with van der Waals surface area (Å²) in [4.78, 5) is 37.9. The summed E-state index contributed by atoms with van der Waals surface area (Å²) in [5, 5.41) is 20.4. The summed E-state index contributed by atoms with van der Waals surface area (Å²) in [7, 11) is 0. The summed E-state index contributed by atoms with van der Waals surface area (Å²) in [6, 6.07) is 12.6. The van der Waals surface area contributed by atoms with Crippen molar-refractivity contribution >= 4 is 34.9 Å². The first-order chi connectivity index (χ1) is 15.3. The molecule has 2 atom stereocenters. The molecule has 0 radical (unpaired) electrons. The molecule has 1 aliphatic rings. The molecule has 11 nitrogen and oxygen atoms in total. The van der Waals surface area contributed by atoms with E-state index in [4.69, 9.17) is 26.4 Å². The molecular weight excluding hydrogens is 418 g/mol. The van der Waals surface area contributed by atoms with E-state index in [9.17, 15) is 19.5 Å². The summed E-state index contributed by atoms with van der Waals surface area (Å²) in [5.41, 5.74) is 11.7. The molecule has 3 rings (SSSR count). The Morgan fingerprint density at radius 3 is 2.56 bits per heavy atom. The van der Waals surface area contributed by atoms with Crippen molar-refractivity contribution in [2.75, 3.05) is 30.0 Å².